The van der Waals surface area contributed by atoms with Crippen LogP contribution in [0.4, 0.5) is 0 Å². The molecule has 92 valence electrons. The molecule has 1 aliphatic carbocycles. The molecule has 0 aromatic carbocycles. The maximum atomic E-state index is 11.5. The molecular weight excluding hydrogens is 210 g/mol. The van der Waals surface area contributed by atoms with E-state index in [0.717, 1.165) is 0 Å². The van der Waals surface area contributed by atoms with E-state index in [0.29, 0.717) is 12.8 Å². The van der Waals surface area contributed by atoms with Crippen molar-refractivity contribution >= 4 is 11.9 Å². The van der Waals surface area contributed by atoms with Gasteiger partial charge < -0.3 is 14.7 Å². The van der Waals surface area contributed by atoms with Crippen LogP contribution in [0.2, 0.25) is 0 Å². The molecule has 0 aromatic rings. The van der Waals surface area contributed by atoms with E-state index in [4.69, 9.17) is 4.74 Å². The Kier molecular flexibility index (Phi) is 3.57. The van der Waals surface area contributed by atoms with Gasteiger partial charge in [0.15, 0.2) is 0 Å². The van der Waals surface area contributed by atoms with Gasteiger partial charge in [0.2, 0.25) is 5.91 Å². The van der Waals surface area contributed by atoms with Gasteiger partial charge in [0.05, 0.1) is 6.10 Å². The predicted octanol–water partition coefficient (Wildman–Crippen LogP) is 0.875. The number of amides is 1. The zero-order chi connectivity index (χ0) is 12.5. The van der Waals surface area contributed by atoms with Crippen LogP contribution in [0.25, 0.3) is 0 Å². The Morgan fingerprint density at radius 3 is 2.19 bits per heavy atom. The minimum Gasteiger partial charge on any atom is -0.479 e. The van der Waals surface area contributed by atoms with Crippen molar-refractivity contribution in [3.05, 3.63) is 0 Å². The number of nitrogens with zero attached hydrogens (tertiary/aromatic N) is 1. The molecule has 0 saturated heterocycles. The van der Waals surface area contributed by atoms with Gasteiger partial charge in [-0.25, -0.2) is 4.79 Å². The first-order valence-electron chi connectivity index (χ1n) is 5.41. The van der Waals surface area contributed by atoms with Gasteiger partial charge in [-0.15, -0.1) is 0 Å². The summed E-state index contributed by atoms with van der Waals surface area (Å²) in [6.45, 7) is 5.06. The summed E-state index contributed by atoms with van der Waals surface area (Å²) >= 11 is 0. The third kappa shape index (κ3) is 1.91. The van der Waals surface area contributed by atoms with E-state index >= 15 is 0 Å². The van der Waals surface area contributed by atoms with Gasteiger partial charge in [-0.2, -0.15) is 0 Å². The zero-order valence-electron chi connectivity index (χ0n) is 10.2. The zero-order valence-corrected chi connectivity index (χ0v) is 10.2. The lowest BCUT2D eigenvalue weighted by Crippen LogP contribution is -2.67. The molecule has 1 fully saturated rings. The lowest BCUT2D eigenvalue weighted by molar-refractivity contribution is -0.179. The average molecular weight is 229 g/mol. The third-order valence-electron chi connectivity index (χ3n) is 3.18. The van der Waals surface area contributed by atoms with Crippen molar-refractivity contribution < 1.29 is 19.4 Å². The summed E-state index contributed by atoms with van der Waals surface area (Å²) in [6, 6.07) is -0.119. The van der Waals surface area contributed by atoms with E-state index in [2.05, 4.69) is 0 Å². The van der Waals surface area contributed by atoms with Crippen LogP contribution in [0.1, 0.15) is 33.6 Å². The minimum absolute atomic E-state index is 0.0586. The second-order valence-corrected chi connectivity index (χ2v) is 4.59. The highest BCUT2D eigenvalue weighted by Crippen LogP contribution is 2.41. The molecule has 1 N–H and O–H groups in total. The maximum absolute atomic E-state index is 11.5. The smallest absolute Gasteiger partial charge is 0.329 e. The molecular formula is C11H19NO4. The molecule has 1 amide bonds. The molecule has 0 heterocycles. The third-order valence-corrected chi connectivity index (χ3v) is 3.18. The molecule has 1 aliphatic rings. The quantitative estimate of drug-likeness (QED) is 0.777. The van der Waals surface area contributed by atoms with Crippen LogP contribution < -0.4 is 0 Å². The normalized spacial score (nSPS) is 28.7. The van der Waals surface area contributed by atoms with Crippen LogP contribution in [-0.2, 0) is 14.3 Å². The Hall–Kier alpha value is -1.10. The number of hydrogen-bond donors (Lipinski definition) is 1. The van der Waals surface area contributed by atoms with Gasteiger partial charge in [0.1, 0.15) is 5.54 Å². The number of carbonyl (C=O) groups excluding carboxylic acids is 1. The van der Waals surface area contributed by atoms with E-state index in [1.165, 1.54) is 11.8 Å². The monoisotopic (exact) mass is 229 g/mol. The fraction of sp³-hybridized carbons (Fsp3) is 0.818. The highest BCUT2D eigenvalue weighted by atomic mass is 16.5. The number of aliphatic carboxylic acids is 1. The maximum Gasteiger partial charge on any atom is 0.329 e. The molecule has 5 nitrogen and oxygen atoms in total. The SMILES string of the molecule is COC1CC(C(=O)O)(N(C(C)=O)C(C)C)C1. The van der Waals surface area contributed by atoms with Crippen molar-refractivity contribution in [2.45, 2.75) is 51.3 Å². The fourth-order valence-electron chi connectivity index (χ4n) is 2.49. The van der Waals surface area contributed by atoms with Gasteiger partial charge in [-0.3, -0.25) is 4.79 Å². The van der Waals surface area contributed by atoms with Gasteiger partial charge >= 0.3 is 5.97 Å². The number of hydrogen-bond acceptors (Lipinski definition) is 3. The molecule has 0 atom stereocenters. The van der Waals surface area contributed by atoms with Crippen molar-refractivity contribution in [2.75, 3.05) is 7.11 Å². The van der Waals surface area contributed by atoms with Crippen LogP contribution in [0.3, 0.4) is 0 Å². The largest absolute Gasteiger partial charge is 0.479 e. The Labute approximate surface area is 95.4 Å². The lowest BCUT2D eigenvalue weighted by Gasteiger charge is -2.51. The summed E-state index contributed by atoms with van der Waals surface area (Å²) in [6.07, 6.45) is 0.685. The fourth-order valence-corrected chi connectivity index (χ4v) is 2.49. The molecule has 1 rings (SSSR count). The lowest BCUT2D eigenvalue weighted by atomic mass is 9.72. The second-order valence-electron chi connectivity index (χ2n) is 4.59. The second kappa shape index (κ2) is 4.41. The van der Waals surface area contributed by atoms with Gasteiger partial charge in [0.25, 0.3) is 0 Å². The first-order chi connectivity index (χ1) is 7.35. The van der Waals surface area contributed by atoms with Crippen molar-refractivity contribution in [3.8, 4) is 0 Å². The molecule has 5 heteroatoms. The molecule has 0 aromatic heterocycles. The van der Waals surface area contributed by atoms with E-state index < -0.39 is 11.5 Å². The van der Waals surface area contributed by atoms with Crippen molar-refractivity contribution in [1.29, 1.82) is 0 Å². The van der Waals surface area contributed by atoms with Crippen LogP contribution in [0.5, 0.6) is 0 Å². The van der Waals surface area contributed by atoms with E-state index in [1.54, 1.807) is 7.11 Å². The Balaban J connectivity index is 2.94. The van der Waals surface area contributed by atoms with Gasteiger partial charge in [-0.1, -0.05) is 0 Å². The summed E-state index contributed by atoms with van der Waals surface area (Å²) in [4.78, 5) is 24.4. The Morgan fingerprint density at radius 2 is 1.94 bits per heavy atom. The molecule has 0 aliphatic heterocycles. The van der Waals surface area contributed by atoms with Crippen LogP contribution in [0, 0.1) is 0 Å². The number of rotatable bonds is 4. The molecule has 0 radical (unpaired) electrons. The molecule has 0 unspecified atom stereocenters. The summed E-state index contributed by atoms with van der Waals surface area (Å²) in [5.41, 5.74) is -1.07. The number of ether oxygens (including phenoxy) is 1. The van der Waals surface area contributed by atoms with Gasteiger partial charge in [0, 0.05) is 32.9 Å². The van der Waals surface area contributed by atoms with Gasteiger partial charge in [-0.05, 0) is 13.8 Å². The number of carboxylic acid groups (broad SMARTS) is 1. The number of carbonyl (C=O) groups is 2. The topological polar surface area (TPSA) is 66.8 Å². The van der Waals surface area contributed by atoms with Crippen molar-refractivity contribution in [3.63, 3.8) is 0 Å². The number of carboxylic acids is 1. The van der Waals surface area contributed by atoms with Crippen LogP contribution in [0.15, 0.2) is 0 Å². The summed E-state index contributed by atoms with van der Waals surface area (Å²) in [5.74, 6) is -1.14. The van der Waals surface area contributed by atoms with Crippen molar-refractivity contribution in [2.24, 2.45) is 0 Å². The number of methoxy groups -OCH3 is 1. The average Bonchev–Trinajstić information content (AvgIpc) is 2.07. The molecule has 16 heavy (non-hydrogen) atoms. The van der Waals surface area contributed by atoms with E-state index in [-0.39, 0.29) is 18.1 Å². The molecule has 1 saturated carbocycles. The Bertz CT molecular complexity index is 294. The standard InChI is InChI=1S/C11H19NO4/c1-7(2)12(8(3)13)11(10(14)15)5-9(6-11)16-4/h7,9H,5-6H2,1-4H3,(H,14,15). The van der Waals surface area contributed by atoms with Crippen molar-refractivity contribution in [1.82, 2.24) is 4.90 Å². The predicted molar refractivity (Wildman–Crippen MR) is 58.1 cm³/mol. The Morgan fingerprint density at radius 1 is 1.44 bits per heavy atom. The highest BCUT2D eigenvalue weighted by Gasteiger charge is 2.56. The van der Waals surface area contributed by atoms with Crippen LogP contribution >= 0.6 is 0 Å². The molecule has 0 spiro atoms. The minimum atomic E-state index is -1.07. The molecule has 0 bridgehead atoms. The first kappa shape index (κ1) is 13.0. The highest BCUT2D eigenvalue weighted by molar-refractivity contribution is 5.87. The van der Waals surface area contributed by atoms with Crippen LogP contribution in [-0.4, -0.2) is 46.7 Å². The first-order valence-corrected chi connectivity index (χ1v) is 5.41. The van der Waals surface area contributed by atoms with E-state index in [1.807, 2.05) is 13.8 Å². The summed E-state index contributed by atoms with van der Waals surface area (Å²) in [7, 11) is 1.56. The van der Waals surface area contributed by atoms with E-state index in [9.17, 15) is 14.7 Å². The summed E-state index contributed by atoms with van der Waals surface area (Å²) < 4.78 is 5.10. The summed E-state index contributed by atoms with van der Waals surface area (Å²) in [5, 5.41) is 9.32.